The Morgan fingerprint density at radius 2 is 1.71 bits per heavy atom. The van der Waals surface area contributed by atoms with E-state index in [1.165, 1.54) is 11.1 Å². The third kappa shape index (κ3) is 4.24. The standard InChI is InChI=1S/C21H26N2O/c1-17-7-9-19(10-8-17)16-22-11-4-12-23(14-13-22)21(24)20-6-3-5-18(2)15-20/h3,5-10,15H,4,11-14,16H2,1-2H3. The molecule has 0 aliphatic carbocycles. The number of hydrogen-bond donors (Lipinski definition) is 0. The average Bonchev–Trinajstić information content (AvgIpc) is 2.82. The molecule has 1 aliphatic heterocycles. The Balaban J connectivity index is 1.60. The van der Waals surface area contributed by atoms with Gasteiger partial charge in [-0.25, -0.2) is 0 Å². The predicted molar refractivity (Wildman–Crippen MR) is 98.2 cm³/mol. The first-order valence-corrected chi connectivity index (χ1v) is 8.76. The highest BCUT2D eigenvalue weighted by molar-refractivity contribution is 5.94. The van der Waals surface area contributed by atoms with E-state index in [9.17, 15) is 4.79 Å². The number of carbonyl (C=O) groups is 1. The third-order valence-electron chi connectivity index (χ3n) is 4.67. The Kier molecular flexibility index (Phi) is 5.31. The molecule has 0 spiro atoms. The fourth-order valence-electron chi connectivity index (χ4n) is 3.24. The molecule has 0 bridgehead atoms. The van der Waals surface area contributed by atoms with Gasteiger partial charge in [0, 0.05) is 38.3 Å². The molecular weight excluding hydrogens is 296 g/mol. The monoisotopic (exact) mass is 322 g/mol. The Bertz CT molecular complexity index is 693. The summed E-state index contributed by atoms with van der Waals surface area (Å²) < 4.78 is 0. The van der Waals surface area contributed by atoms with Crippen molar-refractivity contribution in [2.24, 2.45) is 0 Å². The normalized spacial score (nSPS) is 16.0. The molecule has 1 amide bonds. The van der Waals surface area contributed by atoms with Crippen LogP contribution in [0.3, 0.4) is 0 Å². The van der Waals surface area contributed by atoms with Gasteiger partial charge in [-0.15, -0.1) is 0 Å². The molecule has 1 aliphatic rings. The van der Waals surface area contributed by atoms with Crippen LogP contribution in [0.25, 0.3) is 0 Å². The van der Waals surface area contributed by atoms with E-state index in [4.69, 9.17) is 0 Å². The van der Waals surface area contributed by atoms with E-state index >= 15 is 0 Å². The number of amides is 1. The van der Waals surface area contributed by atoms with Crippen LogP contribution in [0.15, 0.2) is 48.5 Å². The first-order valence-electron chi connectivity index (χ1n) is 8.76. The van der Waals surface area contributed by atoms with E-state index < -0.39 is 0 Å². The average molecular weight is 322 g/mol. The molecule has 0 saturated carbocycles. The third-order valence-corrected chi connectivity index (χ3v) is 4.67. The van der Waals surface area contributed by atoms with Crippen LogP contribution in [0.5, 0.6) is 0 Å². The van der Waals surface area contributed by atoms with Gasteiger partial charge in [0.15, 0.2) is 0 Å². The molecule has 0 aromatic heterocycles. The second-order valence-electron chi connectivity index (χ2n) is 6.78. The lowest BCUT2D eigenvalue weighted by Gasteiger charge is -2.22. The minimum absolute atomic E-state index is 0.163. The van der Waals surface area contributed by atoms with Crippen molar-refractivity contribution in [1.29, 1.82) is 0 Å². The molecule has 1 heterocycles. The molecule has 0 unspecified atom stereocenters. The summed E-state index contributed by atoms with van der Waals surface area (Å²) in [6, 6.07) is 16.6. The zero-order valence-corrected chi connectivity index (χ0v) is 14.7. The number of nitrogens with zero attached hydrogens (tertiary/aromatic N) is 2. The van der Waals surface area contributed by atoms with Crippen molar-refractivity contribution in [2.75, 3.05) is 26.2 Å². The Morgan fingerprint density at radius 1 is 0.917 bits per heavy atom. The van der Waals surface area contributed by atoms with Crippen LogP contribution < -0.4 is 0 Å². The van der Waals surface area contributed by atoms with Crippen molar-refractivity contribution in [3.8, 4) is 0 Å². The molecule has 126 valence electrons. The van der Waals surface area contributed by atoms with E-state index in [0.29, 0.717) is 0 Å². The van der Waals surface area contributed by atoms with Gasteiger partial charge in [0.1, 0.15) is 0 Å². The second-order valence-corrected chi connectivity index (χ2v) is 6.78. The summed E-state index contributed by atoms with van der Waals surface area (Å²) in [4.78, 5) is 17.2. The maximum atomic E-state index is 12.7. The number of hydrogen-bond acceptors (Lipinski definition) is 2. The smallest absolute Gasteiger partial charge is 0.253 e. The second kappa shape index (κ2) is 7.63. The highest BCUT2D eigenvalue weighted by atomic mass is 16.2. The Hall–Kier alpha value is -2.13. The zero-order chi connectivity index (χ0) is 16.9. The first kappa shape index (κ1) is 16.7. The molecule has 2 aromatic carbocycles. The van der Waals surface area contributed by atoms with Gasteiger partial charge in [-0.3, -0.25) is 9.69 Å². The van der Waals surface area contributed by atoms with Crippen LogP contribution in [-0.4, -0.2) is 41.9 Å². The summed E-state index contributed by atoms with van der Waals surface area (Å²) in [7, 11) is 0. The number of rotatable bonds is 3. The van der Waals surface area contributed by atoms with E-state index in [2.05, 4.69) is 36.1 Å². The van der Waals surface area contributed by atoms with E-state index in [-0.39, 0.29) is 5.91 Å². The molecule has 1 fully saturated rings. The molecule has 2 aromatic rings. The van der Waals surface area contributed by atoms with Crippen molar-refractivity contribution in [1.82, 2.24) is 9.80 Å². The summed E-state index contributed by atoms with van der Waals surface area (Å²) in [5, 5.41) is 0. The van der Waals surface area contributed by atoms with Crippen molar-refractivity contribution in [3.63, 3.8) is 0 Å². The molecular formula is C21H26N2O. The fraction of sp³-hybridized carbons (Fsp3) is 0.381. The van der Waals surface area contributed by atoms with Gasteiger partial charge in [0.05, 0.1) is 0 Å². The van der Waals surface area contributed by atoms with Gasteiger partial charge in [-0.05, 0) is 38.0 Å². The summed E-state index contributed by atoms with van der Waals surface area (Å²) in [5.74, 6) is 0.163. The summed E-state index contributed by atoms with van der Waals surface area (Å²) >= 11 is 0. The molecule has 0 N–H and O–H groups in total. The minimum Gasteiger partial charge on any atom is -0.337 e. The fourth-order valence-corrected chi connectivity index (χ4v) is 3.24. The topological polar surface area (TPSA) is 23.6 Å². The lowest BCUT2D eigenvalue weighted by Crippen LogP contribution is -2.35. The molecule has 1 saturated heterocycles. The molecule has 0 radical (unpaired) electrons. The lowest BCUT2D eigenvalue weighted by molar-refractivity contribution is 0.0761. The van der Waals surface area contributed by atoms with Gasteiger partial charge in [0.25, 0.3) is 5.91 Å². The molecule has 0 atom stereocenters. The first-order chi connectivity index (χ1) is 11.6. The van der Waals surface area contributed by atoms with Crippen LogP contribution in [0.2, 0.25) is 0 Å². The molecule has 3 heteroatoms. The number of aryl methyl sites for hydroxylation is 2. The molecule has 24 heavy (non-hydrogen) atoms. The molecule has 3 rings (SSSR count). The van der Waals surface area contributed by atoms with Crippen molar-refractivity contribution in [3.05, 3.63) is 70.8 Å². The highest BCUT2D eigenvalue weighted by Crippen LogP contribution is 2.13. The maximum Gasteiger partial charge on any atom is 0.253 e. The van der Waals surface area contributed by atoms with Crippen LogP contribution in [-0.2, 0) is 6.54 Å². The van der Waals surface area contributed by atoms with Crippen LogP contribution in [0, 0.1) is 13.8 Å². The number of benzene rings is 2. The minimum atomic E-state index is 0.163. The van der Waals surface area contributed by atoms with Crippen molar-refractivity contribution < 1.29 is 4.79 Å². The van der Waals surface area contributed by atoms with Crippen LogP contribution in [0.1, 0.15) is 33.5 Å². The van der Waals surface area contributed by atoms with Gasteiger partial charge in [0.2, 0.25) is 0 Å². The van der Waals surface area contributed by atoms with Gasteiger partial charge >= 0.3 is 0 Å². The van der Waals surface area contributed by atoms with Gasteiger partial charge < -0.3 is 4.90 Å². The van der Waals surface area contributed by atoms with Gasteiger partial charge in [-0.1, -0.05) is 47.5 Å². The SMILES string of the molecule is Cc1ccc(CN2CCCN(C(=O)c3cccc(C)c3)CC2)cc1. The predicted octanol–water partition coefficient (Wildman–Crippen LogP) is 3.65. The van der Waals surface area contributed by atoms with Crippen molar-refractivity contribution in [2.45, 2.75) is 26.8 Å². The largest absolute Gasteiger partial charge is 0.337 e. The van der Waals surface area contributed by atoms with E-state index in [1.54, 1.807) is 0 Å². The highest BCUT2D eigenvalue weighted by Gasteiger charge is 2.20. The quantitative estimate of drug-likeness (QED) is 0.861. The maximum absolute atomic E-state index is 12.7. The van der Waals surface area contributed by atoms with Crippen LogP contribution >= 0.6 is 0 Å². The molecule has 3 nitrogen and oxygen atoms in total. The summed E-state index contributed by atoms with van der Waals surface area (Å²) in [5.41, 5.74) is 4.59. The van der Waals surface area contributed by atoms with Crippen molar-refractivity contribution >= 4 is 5.91 Å². The van der Waals surface area contributed by atoms with Crippen LogP contribution in [0.4, 0.5) is 0 Å². The lowest BCUT2D eigenvalue weighted by atomic mass is 10.1. The Morgan fingerprint density at radius 3 is 2.46 bits per heavy atom. The number of carbonyl (C=O) groups excluding carboxylic acids is 1. The summed E-state index contributed by atoms with van der Waals surface area (Å²) in [6.45, 7) is 8.74. The van der Waals surface area contributed by atoms with E-state index in [0.717, 1.165) is 50.3 Å². The van der Waals surface area contributed by atoms with E-state index in [1.807, 2.05) is 36.1 Å². The van der Waals surface area contributed by atoms with Gasteiger partial charge in [-0.2, -0.15) is 0 Å². The Labute approximate surface area is 144 Å². The zero-order valence-electron chi connectivity index (χ0n) is 14.7. The summed E-state index contributed by atoms with van der Waals surface area (Å²) in [6.07, 6.45) is 1.03.